The number of thioether (sulfide) groups is 1. The molecule has 0 atom stereocenters. The number of imidazole rings is 1. The molecule has 0 saturated carbocycles. The van der Waals surface area contributed by atoms with Crippen molar-refractivity contribution in [2.75, 3.05) is 31.9 Å². The number of aromatic nitrogens is 2. The van der Waals surface area contributed by atoms with E-state index in [1.165, 1.54) is 28.2 Å². The predicted molar refractivity (Wildman–Crippen MR) is 125 cm³/mol. The molecule has 4 rings (SSSR count). The SMILES string of the molecule is N#Cc1ccccc1S(=O)(=O)N1CCN(C(=O)CSc2nccn2Cc2ccccc2)CC1. The van der Waals surface area contributed by atoms with Gasteiger partial charge in [0.05, 0.1) is 16.2 Å². The average molecular weight is 482 g/mol. The van der Waals surface area contributed by atoms with Crippen molar-refractivity contribution in [3.63, 3.8) is 0 Å². The topological polar surface area (TPSA) is 99.3 Å². The van der Waals surface area contributed by atoms with Crippen molar-refractivity contribution < 1.29 is 13.2 Å². The maximum Gasteiger partial charge on any atom is 0.244 e. The van der Waals surface area contributed by atoms with E-state index in [-0.39, 0.29) is 35.2 Å². The molecule has 0 bridgehead atoms. The molecule has 1 aromatic heterocycles. The van der Waals surface area contributed by atoms with Crippen LogP contribution in [0.4, 0.5) is 0 Å². The van der Waals surface area contributed by atoms with Crippen molar-refractivity contribution in [2.24, 2.45) is 0 Å². The zero-order chi connectivity index (χ0) is 23.3. The van der Waals surface area contributed by atoms with Gasteiger partial charge in [0.25, 0.3) is 0 Å². The van der Waals surface area contributed by atoms with Gasteiger partial charge in [-0.3, -0.25) is 4.79 Å². The van der Waals surface area contributed by atoms with Crippen molar-refractivity contribution in [3.05, 3.63) is 78.1 Å². The average Bonchev–Trinajstić information content (AvgIpc) is 3.30. The maximum absolute atomic E-state index is 13.0. The summed E-state index contributed by atoms with van der Waals surface area (Å²) < 4.78 is 29.3. The van der Waals surface area contributed by atoms with Crippen LogP contribution in [0.15, 0.2) is 77.0 Å². The summed E-state index contributed by atoms with van der Waals surface area (Å²) in [5.74, 6) is 0.180. The van der Waals surface area contributed by atoms with Crippen LogP contribution in [-0.2, 0) is 21.4 Å². The van der Waals surface area contributed by atoms with Gasteiger partial charge in [-0.05, 0) is 17.7 Å². The summed E-state index contributed by atoms with van der Waals surface area (Å²) in [5, 5.41) is 10.0. The van der Waals surface area contributed by atoms with Crippen LogP contribution < -0.4 is 0 Å². The summed E-state index contributed by atoms with van der Waals surface area (Å²) >= 11 is 1.38. The normalized spacial score (nSPS) is 14.7. The summed E-state index contributed by atoms with van der Waals surface area (Å²) in [5.41, 5.74) is 1.28. The quantitative estimate of drug-likeness (QED) is 0.481. The van der Waals surface area contributed by atoms with Crippen molar-refractivity contribution in [3.8, 4) is 6.07 Å². The van der Waals surface area contributed by atoms with E-state index in [1.807, 2.05) is 47.2 Å². The molecule has 33 heavy (non-hydrogen) atoms. The van der Waals surface area contributed by atoms with Gasteiger partial charge in [-0.1, -0.05) is 54.2 Å². The third-order valence-corrected chi connectivity index (χ3v) is 8.36. The minimum atomic E-state index is -3.78. The van der Waals surface area contributed by atoms with E-state index in [4.69, 9.17) is 0 Å². The molecule has 0 aliphatic carbocycles. The number of piperazine rings is 1. The van der Waals surface area contributed by atoms with Crippen LogP contribution in [0.1, 0.15) is 11.1 Å². The second-order valence-electron chi connectivity index (χ2n) is 7.50. The van der Waals surface area contributed by atoms with E-state index in [9.17, 15) is 18.5 Å². The number of benzene rings is 2. The first-order valence-corrected chi connectivity index (χ1v) is 12.9. The smallest absolute Gasteiger partial charge is 0.244 e. The van der Waals surface area contributed by atoms with Crippen LogP contribution in [0.5, 0.6) is 0 Å². The standard InChI is InChI=1S/C23H23N5O3S2/c24-16-20-8-4-5-9-21(20)33(30,31)28-14-12-26(13-15-28)22(29)18-32-23-25-10-11-27(23)17-19-6-2-1-3-7-19/h1-11H,12-15,17-18H2. The number of hydrogen-bond acceptors (Lipinski definition) is 6. The van der Waals surface area contributed by atoms with Crippen molar-refractivity contribution in [1.29, 1.82) is 5.26 Å². The van der Waals surface area contributed by atoms with Gasteiger partial charge in [0.15, 0.2) is 5.16 Å². The monoisotopic (exact) mass is 481 g/mol. The van der Waals surface area contributed by atoms with Gasteiger partial charge in [-0.2, -0.15) is 9.57 Å². The number of nitrogens with zero attached hydrogens (tertiary/aromatic N) is 5. The van der Waals surface area contributed by atoms with Crippen molar-refractivity contribution in [2.45, 2.75) is 16.6 Å². The highest BCUT2D eigenvalue weighted by atomic mass is 32.2. The number of sulfonamides is 1. The molecule has 0 unspecified atom stereocenters. The lowest BCUT2D eigenvalue weighted by atomic mass is 10.2. The Kier molecular flexibility index (Phi) is 7.13. The third kappa shape index (κ3) is 5.27. The minimum absolute atomic E-state index is 0.00749. The summed E-state index contributed by atoms with van der Waals surface area (Å²) in [7, 11) is -3.78. The minimum Gasteiger partial charge on any atom is -0.339 e. The number of nitriles is 1. The highest BCUT2D eigenvalue weighted by Crippen LogP contribution is 2.22. The fourth-order valence-electron chi connectivity index (χ4n) is 3.65. The number of amides is 1. The van der Waals surface area contributed by atoms with Gasteiger partial charge in [-0.25, -0.2) is 13.4 Å². The largest absolute Gasteiger partial charge is 0.339 e. The molecule has 0 radical (unpaired) electrons. The summed E-state index contributed by atoms with van der Waals surface area (Å²) in [6.07, 6.45) is 3.61. The van der Waals surface area contributed by atoms with Gasteiger partial charge in [0.2, 0.25) is 15.9 Å². The van der Waals surface area contributed by atoms with E-state index in [2.05, 4.69) is 4.98 Å². The zero-order valence-corrected chi connectivity index (χ0v) is 19.5. The van der Waals surface area contributed by atoms with Crippen LogP contribution in [0.3, 0.4) is 0 Å². The highest BCUT2D eigenvalue weighted by molar-refractivity contribution is 7.99. The highest BCUT2D eigenvalue weighted by Gasteiger charge is 2.31. The molecule has 1 aliphatic heterocycles. The lowest BCUT2D eigenvalue weighted by Gasteiger charge is -2.34. The number of carbonyl (C=O) groups is 1. The van der Waals surface area contributed by atoms with E-state index in [1.54, 1.807) is 23.2 Å². The lowest BCUT2D eigenvalue weighted by Crippen LogP contribution is -2.51. The Balaban J connectivity index is 1.33. The Labute approximate surface area is 197 Å². The third-order valence-electron chi connectivity index (χ3n) is 5.41. The fourth-order valence-corrected chi connectivity index (χ4v) is 6.08. The molecule has 1 saturated heterocycles. The van der Waals surface area contributed by atoms with Gasteiger partial charge < -0.3 is 9.47 Å². The Morgan fingerprint density at radius 2 is 1.73 bits per heavy atom. The Morgan fingerprint density at radius 1 is 1.03 bits per heavy atom. The molecule has 1 aliphatic rings. The Morgan fingerprint density at radius 3 is 2.45 bits per heavy atom. The van der Waals surface area contributed by atoms with E-state index >= 15 is 0 Å². The lowest BCUT2D eigenvalue weighted by molar-refractivity contribution is -0.129. The van der Waals surface area contributed by atoms with Crippen molar-refractivity contribution >= 4 is 27.7 Å². The molecular formula is C23H23N5O3S2. The molecule has 2 aromatic carbocycles. The molecule has 0 spiro atoms. The van der Waals surface area contributed by atoms with Gasteiger partial charge >= 0.3 is 0 Å². The molecule has 1 fully saturated rings. The van der Waals surface area contributed by atoms with Crippen LogP contribution in [0, 0.1) is 11.3 Å². The number of rotatable bonds is 7. The fraction of sp³-hybridized carbons (Fsp3) is 0.261. The first-order chi connectivity index (χ1) is 16.0. The van der Waals surface area contributed by atoms with Crippen LogP contribution >= 0.6 is 11.8 Å². The number of carbonyl (C=O) groups excluding carboxylic acids is 1. The van der Waals surface area contributed by atoms with E-state index in [0.29, 0.717) is 19.6 Å². The summed E-state index contributed by atoms with van der Waals surface area (Å²) in [4.78, 5) is 18.8. The summed E-state index contributed by atoms with van der Waals surface area (Å²) in [6, 6.07) is 18.1. The summed E-state index contributed by atoms with van der Waals surface area (Å²) in [6.45, 7) is 1.69. The molecule has 1 amide bonds. The van der Waals surface area contributed by atoms with Crippen LogP contribution in [0.25, 0.3) is 0 Å². The second kappa shape index (κ2) is 10.2. The second-order valence-corrected chi connectivity index (χ2v) is 10.4. The molecule has 8 nitrogen and oxygen atoms in total. The predicted octanol–water partition coefficient (Wildman–Crippen LogP) is 2.43. The van der Waals surface area contributed by atoms with E-state index in [0.717, 1.165) is 10.7 Å². The van der Waals surface area contributed by atoms with Crippen molar-refractivity contribution in [1.82, 2.24) is 18.8 Å². The molecule has 0 N–H and O–H groups in total. The van der Waals surface area contributed by atoms with Gasteiger partial charge in [0.1, 0.15) is 6.07 Å². The molecule has 170 valence electrons. The molecule has 10 heteroatoms. The Hall–Kier alpha value is -3.13. The Bertz CT molecular complexity index is 1260. The van der Waals surface area contributed by atoms with Gasteiger partial charge in [0, 0.05) is 45.1 Å². The molecule has 3 aromatic rings. The molecular weight excluding hydrogens is 458 g/mol. The molecule has 2 heterocycles. The number of hydrogen-bond donors (Lipinski definition) is 0. The maximum atomic E-state index is 13.0. The van der Waals surface area contributed by atoms with Crippen LogP contribution in [-0.4, -0.2) is 65.0 Å². The van der Waals surface area contributed by atoms with E-state index < -0.39 is 10.0 Å². The van der Waals surface area contributed by atoms with Crippen LogP contribution in [0.2, 0.25) is 0 Å². The first-order valence-electron chi connectivity index (χ1n) is 10.4. The zero-order valence-electron chi connectivity index (χ0n) is 17.9. The first kappa shape index (κ1) is 23.0. The van der Waals surface area contributed by atoms with Gasteiger partial charge in [-0.15, -0.1) is 0 Å².